The molecular formula is C14H14N2O3S2. The van der Waals surface area contributed by atoms with Crippen molar-refractivity contribution in [2.45, 2.75) is 5.03 Å². The summed E-state index contributed by atoms with van der Waals surface area (Å²) < 4.78 is 9.96. The van der Waals surface area contributed by atoms with Crippen molar-refractivity contribution in [3.63, 3.8) is 0 Å². The van der Waals surface area contributed by atoms with Gasteiger partial charge in [-0.2, -0.15) is 0 Å². The highest BCUT2D eigenvalue weighted by Crippen LogP contribution is 2.28. The number of anilines is 1. The van der Waals surface area contributed by atoms with Crippen LogP contribution in [0.5, 0.6) is 5.75 Å². The SMILES string of the molecule is Nc1ccc(OC(=O)OCCSSc2ccccn2)cc1. The molecule has 0 aliphatic carbocycles. The molecule has 21 heavy (non-hydrogen) atoms. The minimum Gasteiger partial charge on any atom is -0.433 e. The molecule has 0 atom stereocenters. The van der Waals surface area contributed by atoms with Gasteiger partial charge < -0.3 is 15.2 Å². The third-order valence-electron chi connectivity index (χ3n) is 2.25. The average molecular weight is 322 g/mol. The molecule has 110 valence electrons. The first-order chi connectivity index (χ1) is 10.2. The number of nitrogen functional groups attached to an aromatic ring is 1. The van der Waals surface area contributed by atoms with E-state index < -0.39 is 6.16 Å². The van der Waals surface area contributed by atoms with Crippen LogP contribution in [0.25, 0.3) is 0 Å². The van der Waals surface area contributed by atoms with E-state index in [0.717, 1.165) is 5.03 Å². The van der Waals surface area contributed by atoms with Gasteiger partial charge >= 0.3 is 6.16 Å². The Bertz CT molecular complexity index is 564. The zero-order valence-corrected chi connectivity index (χ0v) is 12.7. The Balaban J connectivity index is 1.60. The summed E-state index contributed by atoms with van der Waals surface area (Å²) in [4.78, 5) is 15.6. The van der Waals surface area contributed by atoms with Gasteiger partial charge in [-0.05, 0) is 47.2 Å². The topological polar surface area (TPSA) is 74.4 Å². The first-order valence-corrected chi connectivity index (χ1v) is 8.46. The highest BCUT2D eigenvalue weighted by Gasteiger charge is 2.05. The second-order valence-corrected chi connectivity index (χ2v) is 6.28. The van der Waals surface area contributed by atoms with Crippen LogP contribution in [0, 0.1) is 0 Å². The maximum absolute atomic E-state index is 11.4. The fraction of sp³-hybridized carbons (Fsp3) is 0.143. The minimum absolute atomic E-state index is 0.276. The molecule has 5 nitrogen and oxygen atoms in total. The van der Waals surface area contributed by atoms with Gasteiger partial charge in [0.25, 0.3) is 0 Å². The van der Waals surface area contributed by atoms with Gasteiger partial charge in [-0.15, -0.1) is 0 Å². The van der Waals surface area contributed by atoms with Gasteiger partial charge in [0.05, 0.1) is 0 Å². The van der Waals surface area contributed by atoms with Gasteiger partial charge in [-0.1, -0.05) is 16.9 Å². The summed E-state index contributed by atoms with van der Waals surface area (Å²) in [6.45, 7) is 0.276. The van der Waals surface area contributed by atoms with Crippen molar-refractivity contribution in [1.29, 1.82) is 0 Å². The normalized spacial score (nSPS) is 10.1. The fourth-order valence-corrected chi connectivity index (χ4v) is 3.02. The van der Waals surface area contributed by atoms with Crippen molar-refractivity contribution in [2.75, 3.05) is 18.1 Å². The smallest absolute Gasteiger partial charge is 0.433 e. The lowest BCUT2D eigenvalue weighted by Crippen LogP contribution is -2.12. The van der Waals surface area contributed by atoms with Crippen molar-refractivity contribution in [3.8, 4) is 5.75 Å². The zero-order valence-electron chi connectivity index (χ0n) is 11.1. The number of nitrogens with two attached hydrogens (primary N) is 1. The number of carbonyl (C=O) groups excluding carboxylic acids is 1. The number of nitrogens with zero attached hydrogens (tertiary/aromatic N) is 1. The number of rotatable bonds is 6. The minimum atomic E-state index is -0.719. The molecule has 7 heteroatoms. The van der Waals surface area contributed by atoms with Crippen molar-refractivity contribution >= 4 is 33.4 Å². The van der Waals surface area contributed by atoms with Gasteiger partial charge in [0, 0.05) is 17.6 Å². The predicted molar refractivity (Wildman–Crippen MR) is 85.4 cm³/mol. The Labute approximate surface area is 130 Å². The van der Waals surface area contributed by atoms with Crippen LogP contribution >= 0.6 is 21.6 Å². The largest absolute Gasteiger partial charge is 0.513 e. The number of pyridine rings is 1. The Kier molecular flexibility index (Phi) is 6.23. The lowest BCUT2D eigenvalue weighted by atomic mass is 10.3. The monoisotopic (exact) mass is 322 g/mol. The molecule has 0 bridgehead atoms. The average Bonchev–Trinajstić information content (AvgIpc) is 2.50. The molecular weight excluding hydrogens is 308 g/mol. The summed E-state index contributed by atoms with van der Waals surface area (Å²) in [6, 6.07) is 12.3. The summed E-state index contributed by atoms with van der Waals surface area (Å²) in [6.07, 6.45) is 1.02. The quantitative estimate of drug-likeness (QED) is 0.286. The maximum atomic E-state index is 11.4. The molecule has 0 fully saturated rings. The van der Waals surface area contributed by atoms with Crippen LogP contribution in [0.2, 0.25) is 0 Å². The van der Waals surface area contributed by atoms with Crippen LogP contribution in [0.3, 0.4) is 0 Å². The highest BCUT2D eigenvalue weighted by atomic mass is 33.1. The molecule has 0 saturated heterocycles. The number of carbonyl (C=O) groups is 1. The summed E-state index contributed by atoms with van der Waals surface area (Å²) in [5.74, 6) is 1.06. The van der Waals surface area contributed by atoms with E-state index in [1.165, 1.54) is 10.8 Å². The van der Waals surface area contributed by atoms with E-state index in [1.807, 2.05) is 18.2 Å². The molecule has 1 aromatic carbocycles. The highest BCUT2D eigenvalue weighted by molar-refractivity contribution is 8.76. The van der Waals surface area contributed by atoms with Gasteiger partial charge in [0.15, 0.2) is 0 Å². The third-order valence-corrected chi connectivity index (χ3v) is 4.48. The van der Waals surface area contributed by atoms with E-state index in [0.29, 0.717) is 17.2 Å². The fourth-order valence-electron chi connectivity index (χ4n) is 1.32. The number of ether oxygens (including phenoxy) is 2. The molecule has 1 aromatic heterocycles. The van der Waals surface area contributed by atoms with Crippen LogP contribution in [0.4, 0.5) is 10.5 Å². The lowest BCUT2D eigenvalue weighted by Gasteiger charge is -2.05. The summed E-state index contributed by atoms with van der Waals surface area (Å²) >= 11 is 0. The molecule has 0 aliphatic heterocycles. The van der Waals surface area contributed by atoms with Crippen molar-refractivity contribution in [1.82, 2.24) is 4.98 Å². The Morgan fingerprint density at radius 3 is 2.71 bits per heavy atom. The van der Waals surface area contributed by atoms with Crippen LogP contribution in [-0.2, 0) is 4.74 Å². The van der Waals surface area contributed by atoms with Crippen molar-refractivity contribution in [2.24, 2.45) is 0 Å². The number of hydrogen-bond acceptors (Lipinski definition) is 7. The van der Waals surface area contributed by atoms with Crippen molar-refractivity contribution in [3.05, 3.63) is 48.7 Å². The molecule has 0 amide bonds. The van der Waals surface area contributed by atoms with Gasteiger partial charge in [-0.25, -0.2) is 9.78 Å². The number of hydrogen-bond donors (Lipinski definition) is 1. The van der Waals surface area contributed by atoms with Gasteiger partial charge in [0.2, 0.25) is 0 Å². The predicted octanol–water partition coefficient (Wildman–Crippen LogP) is 3.62. The second-order valence-electron chi connectivity index (χ2n) is 3.84. The zero-order chi connectivity index (χ0) is 14.9. The third kappa shape index (κ3) is 5.97. The number of benzene rings is 1. The van der Waals surface area contributed by atoms with Crippen LogP contribution in [0.15, 0.2) is 53.7 Å². The van der Waals surface area contributed by atoms with Crippen molar-refractivity contribution < 1.29 is 14.3 Å². The Morgan fingerprint density at radius 2 is 2.00 bits per heavy atom. The molecule has 0 unspecified atom stereocenters. The van der Waals surface area contributed by atoms with E-state index in [9.17, 15) is 4.79 Å². The lowest BCUT2D eigenvalue weighted by molar-refractivity contribution is 0.105. The Hall–Kier alpha value is -1.86. The van der Waals surface area contributed by atoms with Crippen LogP contribution in [-0.4, -0.2) is 23.5 Å². The molecule has 2 rings (SSSR count). The standard InChI is InChI=1S/C14H14N2O3S2/c15-11-4-6-12(7-5-11)19-14(17)18-9-10-20-21-13-3-1-2-8-16-13/h1-8H,9-10,15H2. The Morgan fingerprint density at radius 1 is 1.19 bits per heavy atom. The summed E-state index contributed by atoms with van der Waals surface area (Å²) in [5.41, 5.74) is 6.15. The van der Waals surface area contributed by atoms with E-state index in [2.05, 4.69) is 4.98 Å². The molecule has 0 radical (unpaired) electrons. The number of aromatic nitrogens is 1. The van der Waals surface area contributed by atoms with Gasteiger partial charge in [-0.3, -0.25) is 0 Å². The molecule has 0 spiro atoms. The maximum Gasteiger partial charge on any atom is 0.513 e. The molecule has 2 aromatic rings. The van der Waals surface area contributed by atoms with E-state index in [4.69, 9.17) is 15.2 Å². The summed E-state index contributed by atoms with van der Waals surface area (Å²) in [5, 5.41) is 0.923. The molecule has 1 heterocycles. The molecule has 2 N–H and O–H groups in total. The van der Waals surface area contributed by atoms with E-state index in [-0.39, 0.29) is 6.61 Å². The first-order valence-electron chi connectivity index (χ1n) is 6.15. The van der Waals surface area contributed by atoms with Crippen LogP contribution < -0.4 is 10.5 Å². The summed E-state index contributed by atoms with van der Waals surface area (Å²) in [7, 11) is 3.10. The molecule has 0 aliphatic rings. The van der Waals surface area contributed by atoms with E-state index in [1.54, 1.807) is 41.3 Å². The van der Waals surface area contributed by atoms with Gasteiger partial charge in [0.1, 0.15) is 17.4 Å². The first kappa shape index (κ1) is 15.5. The van der Waals surface area contributed by atoms with E-state index >= 15 is 0 Å². The van der Waals surface area contributed by atoms with Crippen LogP contribution in [0.1, 0.15) is 0 Å². The second kappa shape index (κ2) is 8.43. The molecule has 0 saturated carbocycles.